The molecule has 0 amide bonds. The van der Waals surface area contributed by atoms with Crippen LogP contribution in [-0.2, 0) is 0 Å². The second-order valence-electron chi connectivity index (χ2n) is 4.76. The predicted octanol–water partition coefficient (Wildman–Crippen LogP) is 4.02. The van der Waals surface area contributed by atoms with Crippen molar-refractivity contribution in [3.8, 4) is 0 Å². The van der Waals surface area contributed by atoms with Gasteiger partial charge in [0.25, 0.3) is 0 Å². The lowest BCUT2D eigenvalue weighted by molar-refractivity contribution is 0.247. The molecule has 0 fully saturated rings. The Kier molecular flexibility index (Phi) is 3.85. The molecule has 0 rings (SSSR count). The van der Waals surface area contributed by atoms with Gasteiger partial charge in [0.15, 0.2) is 0 Å². The quantitative estimate of drug-likeness (QED) is 0.538. The molecule has 1 atom stereocenters. The summed E-state index contributed by atoms with van der Waals surface area (Å²) in [5, 5.41) is 0. The van der Waals surface area contributed by atoms with Crippen molar-refractivity contribution in [1.82, 2.24) is 0 Å². The van der Waals surface area contributed by atoms with Crippen molar-refractivity contribution in [2.75, 3.05) is 0 Å². The highest BCUT2D eigenvalue weighted by Crippen LogP contribution is 2.29. The molecule has 0 aliphatic heterocycles. The average molecular weight is 154 g/mol. The highest BCUT2D eigenvalue weighted by Gasteiger charge is 2.18. The van der Waals surface area contributed by atoms with Crippen LogP contribution in [0.2, 0.25) is 0 Å². The zero-order chi connectivity index (χ0) is 9.07. The minimum atomic E-state index is 0.454. The smallest absolute Gasteiger partial charge is 0.0323 e. The highest BCUT2D eigenvalue weighted by molar-refractivity contribution is 4.88. The van der Waals surface area contributed by atoms with Crippen LogP contribution in [0.15, 0.2) is 12.2 Å². The molecule has 0 aromatic heterocycles. The van der Waals surface area contributed by atoms with E-state index in [9.17, 15) is 0 Å². The van der Waals surface area contributed by atoms with E-state index in [2.05, 4.69) is 41.2 Å². The molecule has 0 radical (unpaired) electrons. The minimum absolute atomic E-state index is 0.454. The fourth-order valence-electron chi connectivity index (χ4n) is 0.896. The lowest BCUT2D eigenvalue weighted by atomic mass is 9.79. The zero-order valence-electron chi connectivity index (χ0n) is 8.70. The molecule has 0 heteroatoms. The van der Waals surface area contributed by atoms with Crippen LogP contribution >= 0.6 is 0 Å². The van der Waals surface area contributed by atoms with Gasteiger partial charge in [0.1, 0.15) is 0 Å². The Bertz CT molecular complexity index is 125. The van der Waals surface area contributed by atoms with E-state index < -0.39 is 0 Å². The standard InChI is InChI=1S/C11H22/c1-9(2)7-8-10(3)11(4,5)6/h10H,1,7-8H2,2-6H3. The first-order chi connectivity index (χ1) is 4.84. The van der Waals surface area contributed by atoms with Gasteiger partial charge in [-0.1, -0.05) is 33.3 Å². The molecule has 0 bridgehead atoms. The van der Waals surface area contributed by atoms with Crippen molar-refractivity contribution in [3.63, 3.8) is 0 Å². The molecular formula is C11H22. The Hall–Kier alpha value is -0.260. The summed E-state index contributed by atoms with van der Waals surface area (Å²) in [6.07, 6.45) is 2.46. The molecule has 0 nitrogen and oxygen atoms in total. The average Bonchev–Trinajstić information content (AvgIpc) is 1.80. The summed E-state index contributed by atoms with van der Waals surface area (Å²) >= 11 is 0. The Morgan fingerprint density at radius 3 is 2.09 bits per heavy atom. The number of allylic oxidation sites excluding steroid dienone is 1. The molecule has 1 unspecified atom stereocenters. The summed E-state index contributed by atoms with van der Waals surface area (Å²) in [4.78, 5) is 0. The number of hydrogen-bond donors (Lipinski definition) is 0. The van der Waals surface area contributed by atoms with Crippen molar-refractivity contribution in [1.29, 1.82) is 0 Å². The molecule has 66 valence electrons. The van der Waals surface area contributed by atoms with Gasteiger partial charge >= 0.3 is 0 Å². The van der Waals surface area contributed by atoms with E-state index >= 15 is 0 Å². The van der Waals surface area contributed by atoms with E-state index in [1.165, 1.54) is 18.4 Å². The second-order valence-corrected chi connectivity index (χ2v) is 4.76. The van der Waals surface area contributed by atoms with Crippen molar-refractivity contribution in [3.05, 3.63) is 12.2 Å². The van der Waals surface area contributed by atoms with Crippen LogP contribution in [0.5, 0.6) is 0 Å². The maximum Gasteiger partial charge on any atom is -0.0323 e. The van der Waals surface area contributed by atoms with Crippen LogP contribution < -0.4 is 0 Å². The van der Waals surface area contributed by atoms with Crippen molar-refractivity contribution in [2.24, 2.45) is 11.3 Å². The van der Waals surface area contributed by atoms with E-state index in [0.29, 0.717) is 5.41 Å². The fraction of sp³-hybridized carbons (Fsp3) is 0.818. The van der Waals surface area contributed by atoms with Gasteiger partial charge in [0, 0.05) is 0 Å². The van der Waals surface area contributed by atoms with Crippen LogP contribution in [0.4, 0.5) is 0 Å². The minimum Gasteiger partial charge on any atom is -0.100 e. The zero-order valence-corrected chi connectivity index (χ0v) is 8.70. The molecule has 0 aliphatic rings. The summed E-state index contributed by atoms with van der Waals surface area (Å²) in [5.74, 6) is 0.791. The van der Waals surface area contributed by atoms with Gasteiger partial charge in [-0.05, 0) is 31.1 Å². The molecule has 0 aromatic carbocycles. The summed E-state index contributed by atoms with van der Waals surface area (Å²) < 4.78 is 0. The Balaban J connectivity index is 3.70. The van der Waals surface area contributed by atoms with Gasteiger partial charge in [0.05, 0.1) is 0 Å². The summed E-state index contributed by atoms with van der Waals surface area (Å²) in [6, 6.07) is 0. The van der Waals surface area contributed by atoms with E-state index in [-0.39, 0.29) is 0 Å². The van der Waals surface area contributed by atoms with Gasteiger partial charge in [-0.15, -0.1) is 6.58 Å². The van der Waals surface area contributed by atoms with Crippen molar-refractivity contribution in [2.45, 2.75) is 47.5 Å². The van der Waals surface area contributed by atoms with Gasteiger partial charge < -0.3 is 0 Å². The third kappa shape index (κ3) is 5.06. The number of rotatable bonds is 3. The third-order valence-corrected chi connectivity index (χ3v) is 2.48. The van der Waals surface area contributed by atoms with Crippen molar-refractivity contribution >= 4 is 0 Å². The van der Waals surface area contributed by atoms with E-state index in [1.54, 1.807) is 0 Å². The van der Waals surface area contributed by atoms with Crippen LogP contribution in [0, 0.1) is 11.3 Å². The summed E-state index contributed by atoms with van der Waals surface area (Å²) in [5.41, 5.74) is 1.76. The Labute approximate surface area is 71.7 Å². The maximum atomic E-state index is 3.91. The van der Waals surface area contributed by atoms with Crippen LogP contribution in [0.25, 0.3) is 0 Å². The summed E-state index contributed by atoms with van der Waals surface area (Å²) in [7, 11) is 0. The SMILES string of the molecule is C=C(C)CCC(C)C(C)(C)C. The van der Waals surface area contributed by atoms with Gasteiger partial charge in [-0.3, -0.25) is 0 Å². The van der Waals surface area contributed by atoms with Crippen molar-refractivity contribution < 1.29 is 0 Å². The third-order valence-electron chi connectivity index (χ3n) is 2.48. The summed E-state index contributed by atoms with van der Waals surface area (Å²) in [6.45, 7) is 15.2. The largest absolute Gasteiger partial charge is 0.100 e. The Morgan fingerprint density at radius 2 is 1.82 bits per heavy atom. The van der Waals surface area contributed by atoms with Gasteiger partial charge in [-0.25, -0.2) is 0 Å². The van der Waals surface area contributed by atoms with Crippen LogP contribution in [0.3, 0.4) is 0 Å². The lowest BCUT2D eigenvalue weighted by Crippen LogP contribution is -2.16. The molecule has 0 saturated carbocycles. The number of hydrogen-bond acceptors (Lipinski definition) is 0. The first-order valence-electron chi connectivity index (χ1n) is 4.48. The molecule has 0 N–H and O–H groups in total. The van der Waals surface area contributed by atoms with E-state index in [4.69, 9.17) is 0 Å². The first-order valence-corrected chi connectivity index (χ1v) is 4.48. The molecule has 0 heterocycles. The Morgan fingerprint density at radius 1 is 1.36 bits per heavy atom. The second kappa shape index (κ2) is 3.94. The highest BCUT2D eigenvalue weighted by atomic mass is 14.2. The van der Waals surface area contributed by atoms with E-state index in [1.807, 2.05) is 0 Å². The normalized spacial score (nSPS) is 14.6. The monoisotopic (exact) mass is 154 g/mol. The molecule has 0 spiro atoms. The van der Waals surface area contributed by atoms with Gasteiger partial charge in [-0.2, -0.15) is 0 Å². The molecule has 11 heavy (non-hydrogen) atoms. The first kappa shape index (κ1) is 10.7. The maximum absolute atomic E-state index is 3.91. The van der Waals surface area contributed by atoms with Gasteiger partial charge in [0.2, 0.25) is 0 Å². The lowest BCUT2D eigenvalue weighted by Gasteiger charge is -2.27. The molecular weight excluding hydrogens is 132 g/mol. The fourth-order valence-corrected chi connectivity index (χ4v) is 0.896. The topological polar surface area (TPSA) is 0 Å². The molecule has 0 aromatic rings. The van der Waals surface area contributed by atoms with E-state index in [0.717, 1.165) is 5.92 Å². The molecule has 0 aliphatic carbocycles. The van der Waals surface area contributed by atoms with Crippen LogP contribution in [-0.4, -0.2) is 0 Å². The molecule has 0 saturated heterocycles. The predicted molar refractivity (Wildman–Crippen MR) is 52.7 cm³/mol. The van der Waals surface area contributed by atoms with Crippen LogP contribution in [0.1, 0.15) is 47.5 Å².